The molecule has 1 aliphatic rings. The van der Waals surface area contributed by atoms with E-state index in [1.54, 1.807) is 6.92 Å². The number of carboxylic acid groups (broad SMARTS) is 2. The van der Waals surface area contributed by atoms with Crippen molar-refractivity contribution in [3.63, 3.8) is 0 Å². The Morgan fingerprint density at radius 2 is 1.32 bits per heavy atom. The molecule has 1 rings (SSSR count). The molecule has 1 radical (unpaired) electrons. The number of carbonyl (C=O) groups is 2. The number of rotatable bonds is 2. The second-order valence-corrected chi connectivity index (χ2v) is 2.86. The van der Waals surface area contributed by atoms with Crippen LogP contribution in [0, 0.1) is 12.8 Å². The summed E-state index contributed by atoms with van der Waals surface area (Å²) in [6, 6.07) is 0. The van der Waals surface area contributed by atoms with Gasteiger partial charge in [0, 0.05) is 39.3 Å². The maximum absolute atomic E-state index is 10.4. The van der Waals surface area contributed by atoms with Gasteiger partial charge in [0.15, 0.2) is 5.41 Å². The molecule has 9 N–H and O–H groups in total. The SMILES string of the molecule is CCO.O.O=C(O)C1(C(=O)O)CCC1.[CH3-].[NH2-].[NH2-].[Pt+2].[Y]. The minimum atomic E-state index is -1.44. The van der Waals surface area contributed by atoms with Gasteiger partial charge < -0.3 is 40.5 Å². The molecule has 8 nitrogen and oxygen atoms in total. The Kier molecular flexibility index (Phi) is 46.9. The first-order chi connectivity index (χ1) is 6.01. The molecule has 0 aromatic rings. The molecule has 0 spiro atoms. The van der Waals surface area contributed by atoms with E-state index in [2.05, 4.69) is 0 Å². The molecule has 1 fully saturated rings. The van der Waals surface area contributed by atoms with E-state index < -0.39 is 17.4 Å². The van der Waals surface area contributed by atoms with E-state index in [-0.39, 0.29) is 98.4 Å². The zero-order valence-electron chi connectivity index (χ0n) is 11.0. The molecular formula is C9H23N2O6PtY-. The smallest absolute Gasteiger partial charge is 0.693 e. The summed E-state index contributed by atoms with van der Waals surface area (Å²) in [5.41, 5.74) is -1.44. The minimum Gasteiger partial charge on any atom is -0.693 e. The molecule has 0 unspecified atom stereocenters. The van der Waals surface area contributed by atoms with Gasteiger partial charge in [-0.1, -0.05) is 0 Å². The monoisotopic (exact) mass is 539 g/mol. The summed E-state index contributed by atoms with van der Waals surface area (Å²) in [4.78, 5) is 20.7. The molecule has 0 aromatic carbocycles. The quantitative estimate of drug-likeness (QED) is 0.352. The average molecular weight is 539 g/mol. The predicted molar refractivity (Wildman–Crippen MR) is 64.9 cm³/mol. The molecular weight excluding hydrogens is 516 g/mol. The van der Waals surface area contributed by atoms with Gasteiger partial charge in [-0.05, 0) is 26.2 Å². The van der Waals surface area contributed by atoms with Crippen LogP contribution in [-0.2, 0) is 63.4 Å². The minimum absolute atomic E-state index is 0. The molecule has 1 aliphatic carbocycles. The summed E-state index contributed by atoms with van der Waals surface area (Å²) in [6.45, 7) is 1.93. The van der Waals surface area contributed by atoms with Crippen molar-refractivity contribution in [2.45, 2.75) is 26.2 Å². The first-order valence-electron chi connectivity index (χ1n) is 4.09. The number of nitrogens with two attached hydrogens (primary N) is 2. The summed E-state index contributed by atoms with van der Waals surface area (Å²) >= 11 is 0. The molecule has 10 heteroatoms. The Bertz CT molecular complexity index is 201. The Balaban J connectivity index is -0.0000000297. The third-order valence-electron chi connectivity index (χ3n) is 2.03. The van der Waals surface area contributed by atoms with Crippen LogP contribution in [-0.4, -0.2) is 39.3 Å². The van der Waals surface area contributed by atoms with Crippen molar-refractivity contribution in [1.82, 2.24) is 0 Å². The second-order valence-electron chi connectivity index (χ2n) is 2.86. The fourth-order valence-electron chi connectivity index (χ4n) is 1.05. The van der Waals surface area contributed by atoms with Gasteiger partial charge in [0.1, 0.15) is 0 Å². The zero-order valence-corrected chi connectivity index (χ0v) is 16.1. The molecule has 0 bridgehead atoms. The van der Waals surface area contributed by atoms with E-state index >= 15 is 0 Å². The van der Waals surface area contributed by atoms with Crippen LogP contribution in [0.5, 0.6) is 0 Å². The van der Waals surface area contributed by atoms with Crippen LogP contribution in [0.4, 0.5) is 0 Å². The molecule has 0 aromatic heterocycles. The van der Waals surface area contributed by atoms with Crippen molar-refractivity contribution in [3.05, 3.63) is 19.7 Å². The van der Waals surface area contributed by atoms with Gasteiger partial charge in [-0.25, -0.2) is 0 Å². The number of carboxylic acids is 2. The van der Waals surface area contributed by atoms with E-state index in [0.29, 0.717) is 6.42 Å². The Morgan fingerprint density at radius 1 is 1.11 bits per heavy atom. The van der Waals surface area contributed by atoms with Gasteiger partial charge in [0.05, 0.1) is 0 Å². The van der Waals surface area contributed by atoms with Crippen molar-refractivity contribution < 1.29 is 84.2 Å². The molecule has 0 heterocycles. The number of aliphatic hydroxyl groups excluding tert-OH is 1. The van der Waals surface area contributed by atoms with E-state index in [4.69, 9.17) is 15.3 Å². The molecule has 19 heavy (non-hydrogen) atoms. The van der Waals surface area contributed by atoms with Gasteiger partial charge in [-0.2, -0.15) is 0 Å². The molecule has 0 saturated heterocycles. The normalized spacial score (nSPS) is 12.1. The summed E-state index contributed by atoms with van der Waals surface area (Å²) < 4.78 is 0. The Hall–Kier alpha value is 0.572. The first kappa shape index (κ1) is 42.7. The predicted octanol–water partition coefficient (Wildman–Crippen LogP) is 1.38. The van der Waals surface area contributed by atoms with E-state index in [9.17, 15) is 9.59 Å². The van der Waals surface area contributed by atoms with Crippen molar-refractivity contribution in [1.29, 1.82) is 0 Å². The number of aliphatic hydroxyl groups is 1. The first-order valence-corrected chi connectivity index (χ1v) is 4.09. The standard InChI is InChI=1S/C6H8O4.C2H6O.CH3.2H2N.H2O.Pt.Y/c7-4(8)6(5(9)10)2-1-3-6;1-2-3;;;;;;/h1-3H2,(H,7,8)(H,9,10);3H,2H2,1H3;1H3;3*1H2;;/q;;3*-1;;+2;. The molecule has 0 atom stereocenters. The van der Waals surface area contributed by atoms with E-state index in [1.807, 2.05) is 0 Å². The second kappa shape index (κ2) is 20.9. The van der Waals surface area contributed by atoms with Crippen LogP contribution in [0.25, 0.3) is 12.3 Å². The molecule has 119 valence electrons. The largest absolute Gasteiger partial charge is 2.00 e. The van der Waals surface area contributed by atoms with Crippen molar-refractivity contribution in [2.75, 3.05) is 6.61 Å². The summed E-state index contributed by atoms with van der Waals surface area (Å²) in [7, 11) is 0. The summed E-state index contributed by atoms with van der Waals surface area (Å²) in [5.74, 6) is -2.41. The van der Waals surface area contributed by atoms with Gasteiger partial charge in [0.2, 0.25) is 0 Å². The summed E-state index contributed by atoms with van der Waals surface area (Å²) in [5, 5.41) is 24.5. The topological polar surface area (TPSA) is 193 Å². The van der Waals surface area contributed by atoms with Crippen molar-refractivity contribution in [3.8, 4) is 0 Å². The van der Waals surface area contributed by atoms with Crippen LogP contribution in [0.15, 0.2) is 0 Å². The van der Waals surface area contributed by atoms with Crippen LogP contribution in [0.2, 0.25) is 0 Å². The van der Waals surface area contributed by atoms with Crippen molar-refractivity contribution >= 4 is 11.9 Å². The van der Waals surface area contributed by atoms with Crippen LogP contribution < -0.4 is 0 Å². The van der Waals surface area contributed by atoms with Gasteiger partial charge in [0.25, 0.3) is 0 Å². The maximum Gasteiger partial charge on any atom is 2.00 e. The fraction of sp³-hybridized carbons (Fsp3) is 0.667. The number of aliphatic carboxylic acids is 2. The van der Waals surface area contributed by atoms with Crippen LogP contribution in [0.1, 0.15) is 26.2 Å². The Morgan fingerprint density at radius 3 is 1.32 bits per heavy atom. The zero-order chi connectivity index (χ0) is 10.5. The van der Waals surface area contributed by atoms with E-state index in [0.717, 1.165) is 0 Å². The van der Waals surface area contributed by atoms with E-state index in [1.165, 1.54) is 0 Å². The third-order valence-corrected chi connectivity index (χ3v) is 2.03. The van der Waals surface area contributed by atoms with Gasteiger partial charge >= 0.3 is 33.0 Å². The van der Waals surface area contributed by atoms with Crippen molar-refractivity contribution in [2.24, 2.45) is 5.41 Å². The molecule has 0 amide bonds. The van der Waals surface area contributed by atoms with Crippen LogP contribution >= 0.6 is 0 Å². The average Bonchev–Trinajstić information content (AvgIpc) is 1.82. The van der Waals surface area contributed by atoms with Gasteiger partial charge in [-0.15, -0.1) is 0 Å². The molecule has 0 aliphatic heterocycles. The summed E-state index contributed by atoms with van der Waals surface area (Å²) in [6.07, 6.45) is 1.26. The Labute approximate surface area is 153 Å². The van der Waals surface area contributed by atoms with Crippen LogP contribution in [0.3, 0.4) is 0 Å². The molecule has 1 saturated carbocycles. The third kappa shape index (κ3) is 12.1. The number of hydrogen-bond donors (Lipinski definition) is 3. The van der Waals surface area contributed by atoms with Gasteiger partial charge in [-0.3, -0.25) is 9.59 Å². The maximum atomic E-state index is 10.4. The fourth-order valence-corrected chi connectivity index (χ4v) is 1.05. The number of hydrogen-bond acceptors (Lipinski definition) is 3.